The van der Waals surface area contributed by atoms with Crippen molar-refractivity contribution in [2.75, 3.05) is 20.1 Å². The highest BCUT2D eigenvalue weighted by Crippen LogP contribution is 2.23. The molecule has 0 radical (unpaired) electrons. The summed E-state index contributed by atoms with van der Waals surface area (Å²) in [6, 6.07) is 4.82. The lowest BCUT2D eigenvalue weighted by atomic mass is 10.1. The monoisotopic (exact) mass is 390 g/mol. The Morgan fingerprint density at radius 1 is 1.22 bits per heavy atom. The molecule has 8 heteroatoms. The zero-order valence-electron chi connectivity index (χ0n) is 16.1. The number of carbonyl (C=O) groups excluding carboxylic acids is 1. The maximum Gasteiger partial charge on any atom is 0.254 e. The topological polar surface area (TPSA) is 75.5 Å². The minimum Gasteiger partial charge on any atom is -0.337 e. The van der Waals surface area contributed by atoms with Gasteiger partial charge < -0.3 is 4.90 Å². The Bertz CT molecular complexity index is 930. The van der Waals surface area contributed by atoms with Gasteiger partial charge in [-0.25, -0.2) is 8.42 Å². The Kier molecular flexibility index (Phi) is 5.67. The Balaban J connectivity index is 1.85. The molecule has 7 nitrogen and oxygen atoms in total. The summed E-state index contributed by atoms with van der Waals surface area (Å²) in [7, 11) is -0.0341. The fourth-order valence-electron chi connectivity index (χ4n) is 3.35. The van der Waals surface area contributed by atoms with Crippen molar-refractivity contribution >= 4 is 15.9 Å². The normalized spacial score (nSPS) is 15.7. The van der Waals surface area contributed by atoms with Crippen LogP contribution >= 0.6 is 0 Å². The van der Waals surface area contributed by atoms with Gasteiger partial charge in [0.15, 0.2) is 0 Å². The third-order valence-corrected chi connectivity index (χ3v) is 6.81. The van der Waals surface area contributed by atoms with E-state index >= 15 is 0 Å². The maximum atomic E-state index is 12.9. The van der Waals surface area contributed by atoms with Gasteiger partial charge in [-0.2, -0.15) is 9.40 Å². The third kappa shape index (κ3) is 4.22. The van der Waals surface area contributed by atoms with Crippen molar-refractivity contribution < 1.29 is 13.2 Å². The Morgan fingerprint density at radius 3 is 2.56 bits per heavy atom. The molecule has 2 aromatic rings. The van der Waals surface area contributed by atoms with Crippen molar-refractivity contribution in [3.05, 3.63) is 47.3 Å². The fourth-order valence-corrected chi connectivity index (χ4v) is 4.89. The van der Waals surface area contributed by atoms with Crippen LogP contribution in [-0.4, -0.2) is 53.4 Å². The lowest BCUT2D eigenvalue weighted by Crippen LogP contribution is -2.35. The van der Waals surface area contributed by atoms with E-state index in [9.17, 15) is 13.2 Å². The van der Waals surface area contributed by atoms with Gasteiger partial charge in [0.1, 0.15) is 0 Å². The Hall–Kier alpha value is -2.19. The number of rotatable bonds is 5. The molecule has 1 saturated heterocycles. The second-order valence-corrected chi connectivity index (χ2v) is 9.06. The lowest BCUT2D eigenvalue weighted by molar-refractivity contribution is 0.0784. The number of aromatic nitrogens is 2. The Morgan fingerprint density at radius 2 is 1.93 bits per heavy atom. The van der Waals surface area contributed by atoms with E-state index in [1.807, 2.05) is 20.2 Å². The minimum atomic E-state index is -3.57. The fraction of sp³-hybridized carbons (Fsp3) is 0.474. The molecule has 1 aromatic carbocycles. The Labute approximate surface area is 160 Å². The first-order valence-electron chi connectivity index (χ1n) is 9.13. The summed E-state index contributed by atoms with van der Waals surface area (Å²) in [5.41, 5.74) is 2.10. The number of sulfonamides is 1. The molecule has 0 spiro atoms. The van der Waals surface area contributed by atoms with Crippen LogP contribution in [0, 0.1) is 6.92 Å². The average molecular weight is 391 g/mol. The number of amides is 1. The van der Waals surface area contributed by atoms with Crippen LogP contribution in [0.1, 0.15) is 40.7 Å². The second kappa shape index (κ2) is 7.82. The number of piperidine rings is 1. The van der Waals surface area contributed by atoms with E-state index in [2.05, 4.69) is 5.10 Å². The van der Waals surface area contributed by atoms with Gasteiger partial charge in [0, 0.05) is 51.1 Å². The van der Waals surface area contributed by atoms with Crippen molar-refractivity contribution in [1.82, 2.24) is 19.0 Å². The van der Waals surface area contributed by atoms with Gasteiger partial charge in [-0.15, -0.1) is 0 Å². The summed E-state index contributed by atoms with van der Waals surface area (Å²) < 4.78 is 29.1. The van der Waals surface area contributed by atoms with Crippen molar-refractivity contribution in [3.8, 4) is 0 Å². The molecule has 0 unspecified atom stereocenters. The standard InChI is InChI=1S/C19H26N4O3S/c1-15-7-8-17(27(25,26)23-9-5-4-6-10-23)11-18(15)19(24)21(2)13-16-12-20-22(3)14-16/h7-8,11-12,14H,4-6,9-10,13H2,1-3H3. The van der Waals surface area contributed by atoms with Crippen molar-refractivity contribution in [2.24, 2.45) is 7.05 Å². The molecule has 1 aromatic heterocycles. The van der Waals surface area contributed by atoms with Crippen LogP contribution in [0.15, 0.2) is 35.5 Å². The maximum absolute atomic E-state index is 12.9. The van der Waals surface area contributed by atoms with Crippen LogP contribution in [0.5, 0.6) is 0 Å². The number of nitrogens with zero attached hydrogens (tertiary/aromatic N) is 4. The first-order valence-corrected chi connectivity index (χ1v) is 10.6. The zero-order valence-corrected chi connectivity index (χ0v) is 16.9. The third-order valence-electron chi connectivity index (χ3n) is 4.92. The van der Waals surface area contributed by atoms with E-state index in [1.165, 1.54) is 10.4 Å². The molecule has 0 saturated carbocycles. The molecule has 0 atom stereocenters. The molecular formula is C19H26N4O3S. The van der Waals surface area contributed by atoms with E-state index in [0.29, 0.717) is 25.2 Å². The van der Waals surface area contributed by atoms with E-state index in [0.717, 1.165) is 30.4 Å². The van der Waals surface area contributed by atoms with Crippen LogP contribution in [0.4, 0.5) is 0 Å². The quantitative estimate of drug-likeness (QED) is 0.784. The van der Waals surface area contributed by atoms with Crippen LogP contribution in [0.25, 0.3) is 0 Å². The summed E-state index contributed by atoms with van der Waals surface area (Å²) in [6.07, 6.45) is 6.39. The molecule has 0 aliphatic carbocycles. The lowest BCUT2D eigenvalue weighted by Gasteiger charge is -2.26. The number of aryl methyl sites for hydroxylation is 2. The SMILES string of the molecule is Cc1ccc(S(=O)(=O)N2CCCCC2)cc1C(=O)N(C)Cc1cnn(C)c1. The van der Waals surface area contributed by atoms with Gasteiger partial charge in [-0.3, -0.25) is 9.48 Å². The molecule has 27 heavy (non-hydrogen) atoms. The van der Waals surface area contributed by atoms with Gasteiger partial charge in [-0.05, 0) is 37.5 Å². The van der Waals surface area contributed by atoms with E-state index in [4.69, 9.17) is 0 Å². The molecule has 1 amide bonds. The number of benzene rings is 1. The molecule has 3 rings (SSSR count). The summed E-state index contributed by atoms with van der Waals surface area (Å²) in [4.78, 5) is 14.7. The molecular weight excluding hydrogens is 364 g/mol. The second-order valence-electron chi connectivity index (χ2n) is 7.12. The predicted molar refractivity (Wildman–Crippen MR) is 103 cm³/mol. The van der Waals surface area contributed by atoms with Crippen LogP contribution in [-0.2, 0) is 23.6 Å². The number of hydrogen-bond acceptors (Lipinski definition) is 4. The first-order chi connectivity index (χ1) is 12.8. The molecule has 1 aliphatic rings. The molecule has 1 aliphatic heterocycles. The highest BCUT2D eigenvalue weighted by Gasteiger charge is 2.27. The molecule has 1 fully saturated rings. The van der Waals surface area contributed by atoms with E-state index in [1.54, 1.807) is 35.0 Å². The summed E-state index contributed by atoms with van der Waals surface area (Å²) in [5.74, 6) is -0.202. The smallest absolute Gasteiger partial charge is 0.254 e. The molecule has 2 heterocycles. The van der Waals surface area contributed by atoms with Gasteiger partial charge in [-0.1, -0.05) is 12.5 Å². The molecule has 146 valence electrons. The average Bonchev–Trinajstić information content (AvgIpc) is 3.06. The largest absolute Gasteiger partial charge is 0.337 e. The predicted octanol–water partition coefficient (Wildman–Crippen LogP) is 2.18. The summed E-state index contributed by atoms with van der Waals surface area (Å²) in [6.45, 7) is 3.32. The van der Waals surface area contributed by atoms with Gasteiger partial charge >= 0.3 is 0 Å². The summed E-state index contributed by atoms with van der Waals surface area (Å²) >= 11 is 0. The zero-order chi connectivity index (χ0) is 19.6. The van der Waals surface area contributed by atoms with Crippen LogP contribution in [0.3, 0.4) is 0 Å². The van der Waals surface area contributed by atoms with Crippen LogP contribution < -0.4 is 0 Å². The highest BCUT2D eigenvalue weighted by atomic mass is 32.2. The first kappa shape index (κ1) is 19.6. The van der Waals surface area contributed by atoms with Crippen molar-refractivity contribution in [1.29, 1.82) is 0 Å². The molecule has 0 bridgehead atoms. The van der Waals surface area contributed by atoms with Gasteiger partial charge in [0.25, 0.3) is 5.91 Å². The van der Waals surface area contributed by atoms with Gasteiger partial charge in [0.2, 0.25) is 10.0 Å². The van der Waals surface area contributed by atoms with Crippen molar-refractivity contribution in [3.63, 3.8) is 0 Å². The van der Waals surface area contributed by atoms with Gasteiger partial charge in [0.05, 0.1) is 11.1 Å². The molecule has 0 N–H and O–H groups in total. The van der Waals surface area contributed by atoms with Crippen molar-refractivity contribution in [2.45, 2.75) is 37.6 Å². The van der Waals surface area contributed by atoms with E-state index in [-0.39, 0.29) is 10.8 Å². The minimum absolute atomic E-state index is 0.188. The van der Waals surface area contributed by atoms with Crippen LogP contribution in [0.2, 0.25) is 0 Å². The summed E-state index contributed by atoms with van der Waals surface area (Å²) in [5, 5.41) is 4.11. The van der Waals surface area contributed by atoms with E-state index < -0.39 is 10.0 Å². The highest BCUT2D eigenvalue weighted by molar-refractivity contribution is 7.89. The number of carbonyl (C=O) groups is 1. The number of hydrogen-bond donors (Lipinski definition) is 0.